The number of hydrogen-bond acceptors (Lipinski definition) is 3. The second kappa shape index (κ2) is 6.98. The molecule has 0 radical (unpaired) electrons. The van der Waals surface area contributed by atoms with Crippen LogP contribution in [0.3, 0.4) is 0 Å². The normalized spacial score (nSPS) is 20.3. The molecule has 0 spiro atoms. The van der Waals surface area contributed by atoms with Crippen LogP contribution in [0.5, 0.6) is 0 Å². The number of benzene rings is 2. The van der Waals surface area contributed by atoms with Crippen LogP contribution in [0.4, 0.5) is 4.79 Å². The molecule has 2 atom stereocenters. The number of hydrogen-bond donors (Lipinski definition) is 1. The largest absolute Gasteiger partial charge is 0.480 e. The number of fused-ring (bicyclic) bond motifs is 1. The summed E-state index contributed by atoms with van der Waals surface area (Å²) >= 11 is 0. The zero-order valence-electron chi connectivity index (χ0n) is 15.4. The van der Waals surface area contributed by atoms with E-state index >= 15 is 0 Å². The molecule has 1 saturated heterocycles. The molecule has 5 nitrogen and oxygen atoms in total. The zero-order valence-corrected chi connectivity index (χ0v) is 15.4. The highest BCUT2D eigenvalue weighted by atomic mass is 16.6. The van der Waals surface area contributed by atoms with Gasteiger partial charge in [-0.05, 0) is 55.9 Å². The van der Waals surface area contributed by atoms with Crippen LogP contribution in [0.2, 0.25) is 0 Å². The van der Waals surface area contributed by atoms with E-state index in [4.69, 9.17) is 4.74 Å². The molecule has 3 rings (SSSR count). The Labute approximate surface area is 153 Å². The van der Waals surface area contributed by atoms with Crippen LogP contribution < -0.4 is 0 Å². The SMILES string of the molecule is CC(C)(C)OC(=O)N1C[C@H](Cc2cccc3ccccc23)C[C@H]1C(=O)O. The molecular formula is C21H25NO4. The topological polar surface area (TPSA) is 66.8 Å². The average Bonchev–Trinajstić information content (AvgIpc) is 2.98. The smallest absolute Gasteiger partial charge is 0.411 e. The van der Waals surface area contributed by atoms with Gasteiger partial charge in [0.05, 0.1) is 0 Å². The standard InChI is InChI=1S/C21H25NO4/c1-21(2,3)26-20(25)22-13-14(12-18(22)19(23)24)11-16-9-6-8-15-7-4-5-10-17(15)16/h4-10,14,18H,11-13H2,1-3H3,(H,23,24)/t14-,18+/m1/s1. The number of likely N-dealkylation sites (tertiary alicyclic amines) is 1. The van der Waals surface area contributed by atoms with E-state index in [1.807, 2.05) is 18.2 Å². The number of rotatable bonds is 3. The maximum absolute atomic E-state index is 12.4. The predicted octanol–water partition coefficient (Wildman–Crippen LogP) is 4.09. The summed E-state index contributed by atoms with van der Waals surface area (Å²) in [5, 5.41) is 11.9. The van der Waals surface area contributed by atoms with Gasteiger partial charge in [-0.25, -0.2) is 9.59 Å². The van der Waals surface area contributed by atoms with E-state index < -0.39 is 23.7 Å². The predicted molar refractivity (Wildman–Crippen MR) is 100 cm³/mol. The third-order valence-corrected chi connectivity index (χ3v) is 4.69. The molecule has 5 heteroatoms. The van der Waals surface area contributed by atoms with Crippen LogP contribution in [-0.4, -0.2) is 40.3 Å². The van der Waals surface area contributed by atoms with Crippen LogP contribution in [0.25, 0.3) is 10.8 Å². The first-order valence-electron chi connectivity index (χ1n) is 8.93. The van der Waals surface area contributed by atoms with Crippen molar-refractivity contribution < 1.29 is 19.4 Å². The van der Waals surface area contributed by atoms with Gasteiger partial charge in [0.25, 0.3) is 0 Å². The van der Waals surface area contributed by atoms with Crippen molar-refractivity contribution in [3.8, 4) is 0 Å². The maximum Gasteiger partial charge on any atom is 0.411 e. The van der Waals surface area contributed by atoms with E-state index in [0.29, 0.717) is 13.0 Å². The van der Waals surface area contributed by atoms with Gasteiger partial charge in [0.2, 0.25) is 0 Å². The molecule has 26 heavy (non-hydrogen) atoms. The monoisotopic (exact) mass is 355 g/mol. The average molecular weight is 355 g/mol. The van der Waals surface area contributed by atoms with Gasteiger partial charge in [0.1, 0.15) is 11.6 Å². The molecule has 0 aliphatic carbocycles. The molecule has 1 N–H and O–H groups in total. The number of nitrogens with zero attached hydrogens (tertiary/aromatic N) is 1. The van der Waals surface area contributed by atoms with Crippen LogP contribution in [0, 0.1) is 5.92 Å². The molecule has 1 heterocycles. The fourth-order valence-corrected chi connectivity index (χ4v) is 3.61. The Morgan fingerprint density at radius 3 is 2.54 bits per heavy atom. The van der Waals surface area contributed by atoms with E-state index in [-0.39, 0.29) is 5.92 Å². The fourth-order valence-electron chi connectivity index (χ4n) is 3.61. The molecule has 0 aromatic heterocycles. The highest BCUT2D eigenvalue weighted by Gasteiger charge is 2.41. The first-order chi connectivity index (χ1) is 12.2. The number of ether oxygens (including phenoxy) is 1. The molecule has 0 bridgehead atoms. The molecule has 1 fully saturated rings. The Kier molecular flexibility index (Phi) is 4.90. The van der Waals surface area contributed by atoms with Gasteiger partial charge in [-0.15, -0.1) is 0 Å². The minimum absolute atomic E-state index is 0.0921. The number of carboxylic acids is 1. The summed E-state index contributed by atoms with van der Waals surface area (Å²) in [6.45, 7) is 5.74. The van der Waals surface area contributed by atoms with E-state index in [2.05, 4.69) is 24.3 Å². The van der Waals surface area contributed by atoms with Gasteiger partial charge in [0, 0.05) is 6.54 Å². The second-order valence-electron chi connectivity index (χ2n) is 7.93. The number of carbonyl (C=O) groups is 2. The van der Waals surface area contributed by atoms with Crippen molar-refractivity contribution >= 4 is 22.8 Å². The number of amides is 1. The summed E-state index contributed by atoms with van der Waals surface area (Å²) in [4.78, 5) is 25.4. The van der Waals surface area contributed by atoms with Gasteiger partial charge in [-0.1, -0.05) is 42.5 Å². The van der Waals surface area contributed by atoms with E-state index in [9.17, 15) is 14.7 Å². The summed E-state index contributed by atoms with van der Waals surface area (Å²) in [7, 11) is 0. The van der Waals surface area contributed by atoms with Gasteiger partial charge in [-0.2, -0.15) is 0 Å². The summed E-state index contributed by atoms with van der Waals surface area (Å²) in [6, 6.07) is 13.5. The Morgan fingerprint density at radius 1 is 1.15 bits per heavy atom. The van der Waals surface area contributed by atoms with E-state index in [1.54, 1.807) is 20.8 Å². The molecule has 2 aromatic carbocycles. The number of carboxylic acid groups (broad SMARTS) is 1. The molecule has 1 amide bonds. The molecule has 1 aliphatic heterocycles. The quantitative estimate of drug-likeness (QED) is 0.900. The van der Waals surface area contributed by atoms with E-state index in [0.717, 1.165) is 6.42 Å². The zero-order chi connectivity index (χ0) is 18.9. The first-order valence-corrected chi connectivity index (χ1v) is 8.93. The van der Waals surface area contributed by atoms with Crippen molar-refractivity contribution in [2.45, 2.75) is 45.3 Å². The minimum atomic E-state index is -0.976. The third-order valence-electron chi connectivity index (χ3n) is 4.69. The van der Waals surface area contributed by atoms with Gasteiger partial charge >= 0.3 is 12.1 Å². The Balaban J connectivity index is 1.79. The van der Waals surface area contributed by atoms with Crippen LogP contribution in [-0.2, 0) is 16.0 Å². The van der Waals surface area contributed by atoms with Crippen molar-refractivity contribution in [2.24, 2.45) is 5.92 Å². The highest BCUT2D eigenvalue weighted by molar-refractivity contribution is 5.86. The molecule has 1 aliphatic rings. The lowest BCUT2D eigenvalue weighted by Crippen LogP contribution is -2.43. The van der Waals surface area contributed by atoms with Crippen molar-refractivity contribution in [1.82, 2.24) is 4.90 Å². The third kappa shape index (κ3) is 3.98. The summed E-state index contributed by atoms with van der Waals surface area (Å²) in [5.74, 6) is -0.884. The minimum Gasteiger partial charge on any atom is -0.480 e. The lowest BCUT2D eigenvalue weighted by Gasteiger charge is -2.26. The number of aliphatic carboxylic acids is 1. The highest BCUT2D eigenvalue weighted by Crippen LogP contribution is 2.30. The fraction of sp³-hybridized carbons (Fsp3) is 0.429. The van der Waals surface area contributed by atoms with Gasteiger partial charge in [0.15, 0.2) is 0 Å². The Morgan fingerprint density at radius 2 is 1.85 bits per heavy atom. The van der Waals surface area contributed by atoms with Crippen molar-refractivity contribution in [3.05, 3.63) is 48.0 Å². The molecule has 138 valence electrons. The maximum atomic E-state index is 12.4. The molecule has 0 unspecified atom stereocenters. The van der Waals surface area contributed by atoms with Gasteiger partial charge < -0.3 is 9.84 Å². The molecule has 0 saturated carbocycles. The lowest BCUT2D eigenvalue weighted by atomic mass is 9.93. The summed E-state index contributed by atoms with van der Waals surface area (Å²) < 4.78 is 5.39. The molecular weight excluding hydrogens is 330 g/mol. The molecule has 2 aromatic rings. The van der Waals surface area contributed by atoms with Crippen molar-refractivity contribution in [1.29, 1.82) is 0 Å². The van der Waals surface area contributed by atoms with Crippen LogP contribution in [0.1, 0.15) is 32.8 Å². The Hall–Kier alpha value is -2.56. The van der Waals surface area contributed by atoms with Crippen molar-refractivity contribution in [3.63, 3.8) is 0 Å². The van der Waals surface area contributed by atoms with Gasteiger partial charge in [-0.3, -0.25) is 4.90 Å². The van der Waals surface area contributed by atoms with Crippen LogP contribution >= 0.6 is 0 Å². The number of carbonyl (C=O) groups excluding carboxylic acids is 1. The summed E-state index contributed by atoms with van der Waals surface area (Å²) in [5.41, 5.74) is 0.539. The van der Waals surface area contributed by atoms with Crippen LogP contribution in [0.15, 0.2) is 42.5 Å². The van der Waals surface area contributed by atoms with E-state index in [1.165, 1.54) is 21.2 Å². The first kappa shape index (κ1) is 18.2. The second-order valence-corrected chi connectivity index (χ2v) is 7.93. The Bertz CT molecular complexity index is 819. The summed E-state index contributed by atoms with van der Waals surface area (Å²) in [6.07, 6.45) is 0.632. The lowest BCUT2D eigenvalue weighted by molar-refractivity contribution is -0.142. The van der Waals surface area contributed by atoms with Crippen molar-refractivity contribution in [2.75, 3.05) is 6.54 Å².